The van der Waals surface area contributed by atoms with Crippen LogP contribution in [0.2, 0.25) is 0 Å². The van der Waals surface area contributed by atoms with E-state index in [9.17, 15) is 4.79 Å². The summed E-state index contributed by atoms with van der Waals surface area (Å²) in [4.78, 5) is 13.8. The molecule has 1 heterocycles. The molecule has 4 nitrogen and oxygen atoms in total. The van der Waals surface area contributed by atoms with E-state index in [1.165, 1.54) is 5.57 Å². The Kier molecular flexibility index (Phi) is 6.01. The van der Waals surface area contributed by atoms with E-state index in [-0.39, 0.29) is 6.03 Å². The number of nitrogens with zero attached hydrogens (tertiary/aromatic N) is 3. The van der Waals surface area contributed by atoms with Crippen molar-refractivity contribution in [1.82, 2.24) is 9.47 Å². The third-order valence-electron chi connectivity index (χ3n) is 3.08. The lowest BCUT2D eigenvalue weighted by molar-refractivity contribution is -0.670. The van der Waals surface area contributed by atoms with Gasteiger partial charge in [0.1, 0.15) is 12.4 Å². The van der Waals surface area contributed by atoms with Gasteiger partial charge in [-0.05, 0) is 37.8 Å². The largest absolute Gasteiger partial charge is 0.415 e. The van der Waals surface area contributed by atoms with Crippen molar-refractivity contribution < 1.29 is 9.36 Å². The van der Waals surface area contributed by atoms with Crippen LogP contribution >= 0.6 is 0 Å². The minimum atomic E-state index is -0.00922. The average molecular weight is 274 g/mol. The van der Waals surface area contributed by atoms with E-state index in [0.29, 0.717) is 0 Å². The van der Waals surface area contributed by atoms with Crippen LogP contribution in [0, 0.1) is 0 Å². The second-order valence-electron chi connectivity index (χ2n) is 5.09. The van der Waals surface area contributed by atoms with Crippen LogP contribution < -0.4 is 4.57 Å². The maximum atomic E-state index is 12.1. The van der Waals surface area contributed by atoms with E-state index in [1.54, 1.807) is 28.1 Å². The van der Waals surface area contributed by atoms with E-state index in [0.717, 1.165) is 25.0 Å². The Hall–Kier alpha value is -2.06. The zero-order valence-electron chi connectivity index (χ0n) is 12.9. The normalized spacial score (nSPS) is 9.80. The van der Waals surface area contributed by atoms with Gasteiger partial charge in [-0.3, -0.25) is 0 Å². The fourth-order valence-electron chi connectivity index (χ4n) is 1.89. The van der Waals surface area contributed by atoms with Gasteiger partial charge in [-0.25, -0.2) is 9.36 Å². The quantitative estimate of drug-likeness (QED) is 0.461. The van der Waals surface area contributed by atoms with Crippen molar-refractivity contribution in [3.63, 3.8) is 0 Å². The molecule has 0 unspecified atom stereocenters. The van der Waals surface area contributed by atoms with Crippen LogP contribution in [0.1, 0.15) is 26.7 Å². The van der Waals surface area contributed by atoms with E-state index in [4.69, 9.17) is 0 Å². The molecule has 1 aromatic rings. The highest BCUT2D eigenvalue weighted by Gasteiger charge is 2.16. The summed E-state index contributed by atoms with van der Waals surface area (Å²) in [5, 5.41) is 0. The summed E-state index contributed by atoms with van der Waals surface area (Å²) in [5.41, 5.74) is 5.51. The van der Waals surface area contributed by atoms with Crippen LogP contribution in [-0.4, -0.2) is 29.1 Å². The molecule has 4 heteroatoms. The summed E-state index contributed by atoms with van der Waals surface area (Å²) in [5.74, 6) is 0. The number of aryl methyl sites for hydroxylation is 1. The first kappa shape index (κ1) is 16.0. The topological polar surface area (TPSA) is 29.1 Å². The molecule has 0 aromatic carbocycles. The van der Waals surface area contributed by atoms with Gasteiger partial charge in [0.2, 0.25) is 0 Å². The minimum absolute atomic E-state index is 0.00922. The molecular weight excluding hydrogens is 250 g/mol. The van der Waals surface area contributed by atoms with Crippen molar-refractivity contribution in [3.8, 4) is 0 Å². The van der Waals surface area contributed by atoms with Crippen molar-refractivity contribution in [3.05, 3.63) is 48.3 Å². The van der Waals surface area contributed by atoms with Gasteiger partial charge in [0.05, 0.1) is 7.05 Å². The van der Waals surface area contributed by atoms with Crippen LogP contribution in [0.5, 0.6) is 0 Å². The highest BCUT2D eigenvalue weighted by Crippen LogP contribution is 2.05. The van der Waals surface area contributed by atoms with Crippen LogP contribution in [-0.2, 0) is 7.05 Å². The summed E-state index contributed by atoms with van der Waals surface area (Å²) in [6.45, 7) is 8.48. The molecular formula is C16H24N3O+. The summed E-state index contributed by atoms with van der Waals surface area (Å²) in [7, 11) is 3.72. The third kappa shape index (κ3) is 4.90. The highest BCUT2D eigenvalue weighted by atomic mass is 16.2. The maximum absolute atomic E-state index is 12.1. The molecule has 20 heavy (non-hydrogen) atoms. The summed E-state index contributed by atoms with van der Waals surface area (Å²) >= 11 is 0. The Balaban J connectivity index is 2.48. The first-order valence-corrected chi connectivity index (χ1v) is 6.78. The SMILES string of the molecule is C=CC(C)=C=C(C)CCCN(C)C(=O)n1cc[n+](C)c1. The molecule has 0 atom stereocenters. The second kappa shape index (κ2) is 7.51. The summed E-state index contributed by atoms with van der Waals surface area (Å²) < 4.78 is 3.44. The summed E-state index contributed by atoms with van der Waals surface area (Å²) in [6, 6.07) is -0.00922. The molecule has 0 fully saturated rings. The van der Waals surface area contributed by atoms with E-state index in [1.807, 2.05) is 31.8 Å². The molecule has 1 aromatic heterocycles. The van der Waals surface area contributed by atoms with Gasteiger partial charge >= 0.3 is 6.03 Å². The first-order chi connectivity index (χ1) is 9.43. The van der Waals surface area contributed by atoms with E-state index in [2.05, 4.69) is 19.2 Å². The zero-order valence-corrected chi connectivity index (χ0v) is 12.9. The maximum Gasteiger partial charge on any atom is 0.415 e. The number of aromatic nitrogens is 2. The number of carbonyl (C=O) groups is 1. The molecule has 0 aliphatic carbocycles. The molecule has 1 amide bonds. The number of carbonyl (C=O) groups excluding carboxylic acids is 1. The van der Waals surface area contributed by atoms with Crippen molar-refractivity contribution in [2.75, 3.05) is 13.6 Å². The zero-order chi connectivity index (χ0) is 15.1. The number of rotatable bonds is 5. The lowest BCUT2D eigenvalue weighted by Crippen LogP contribution is -2.33. The van der Waals surface area contributed by atoms with Crippen molar-refractivity contribution in [2.45, 2.75) is 26.7 Å². The van der Waals surface area contributed by atoms with Gasteiger partial charge in [0, 0.05) is 13.6 Å². The smallest absolute Gasteiger partial charge is 0.307 e. The number of imidazole rings is 1. The molecule has 1 rings (SSSR count). The first-order valence-electron chi connectivity index (χ1n) is 6.78. The molecule has 108 valence electrons. The number of hydrogen-bond donors (Lipinski definition) is 0. The van der Waals surface area contributed by atoms with E-state index < -0.39 is 0 Å². The van der Waals surface area contributed by atoms with Gasteiger partial charge in [0.15, 0.2) is 0 Å². The summed E-state index contributed by atoms with van der Waals surface area (Å²) in [6.07, 6.45) is 9.04. The van der Waals surface area contributed by atoms with Crippen molar-refractivity contribution >= 4 is 6.03 Å². The van der Waals surface area contributed by atoms with Crippen LogP contribution in [0.4, 0.5) is 4.79 Å². The van der Waals surface area contributed by atoms with Crippen LogP contribution in [0.25, 0.3) is 0 Å². The molecule has 0 aliphatic rings. The number of amides is 1. The molecule has 0 N–H and O–H groups in total. The van der Waals surface area contributed by atoms with E-state index >= 15 is 0 Å². The highest BCUT2D eigenvalue weighted by molar-refractivity contribution is 5.76. The third-order valence-corrected chi connectivity index (χ3v) is 3.08. The minimum Gasteiger partial charge on any atom is -0.307 e. The Morgan fingerprint density at radius 2 is 2.20 bits per heavy atom. The predicted molar refractivity (Wildman–Crippen MR) is 80.4 cm³/mol. The Morgan fingerprint density at radius 1 is 1.50 bits per heavy atom. The molecule has 0 aliphatic heterocycles. The Morgan fingerprint density at radius 3 is 2.75 bits per heavy atom. The van der Waals surface area contributed by atoms with Gasteiger partial charge < -0.3 is 4.90 Å². The second-order valence-corrected chi connectivity index (χ2v) is 5.09. The molecule has 0 bridgehead atoms. The molecule has 0 saturated heterocycles. The van der Waals surface area contributed by atoms with Crippen molar-refractivity contribution in [2.24, 2.45) is 7.05 Å². The molecule has 0 radical (unpaired) electrons. The monoisotopic (exact) mass is 274 g/mol. The van der Waals surface area contributed by atoms with Crippen molar-refractivity contribution in [1.29, 1.82) is 0 Å². The number of hydrogen-bond acceptors (Lipinski definition) is 1. The van der Waals surface area contributed by atoms with Gasteiger partial charge in [-0.2, -0.15) is 4.57 Å². The molecule has 0 spiro atoms. The number of allylic oxidation sites excluding steroid dienone is 2. The van der Waals surface area contributed by atoms with Gasteiger partial charge in [0.25, 0.3) is 6.33 Å². The van der Waals surface area contributed by atoms with Crippen LogP contribution in [0.15, 0.2) is 48.3 Å². The molecule has 0 saturated carbocycles. The predicted octanol–water partition coefficient (Wildman–Crippen LogP) is 2.67. The lowest BCUT2D eigenvalue weighted by atomic mass is 10.1. The average Bonchev–Trinajstić information content (AvgIpc) is 2.84. The Labute approximate surface area is 121 Å². The van der Waals surface area contributed by atoms with Gasteiger partial charge in [-0.1, -0.05) is 12.7 Å². The fourth-order valence-corrected chi connectivity index (χ4v) is 1.89. The van der Waals surface area contributed by atoms with Gasteiger partial charge in [-0.15, -0.1) is 5.73 Å². The lowest BCUT2D eigenvalue weighted by Gasteiger charge is -2.13. The standard InChI is InChI=1S/C16H24N3O/c1-6-14(2)12-15(3)8-7-9-18(5)16(20)19-11-10-17(4)13-19/h6,10-11,13H,1,7-9H2,2-5H3/q+1. The van der Waals surface area contributed by atoms with Crippen LogP contribution in [0.3, 0.4) is 0 Å². The fraction of sp³-hybridized carbons (Fsp3) is 0.438. The Bertz CT molecular complexity index is 548.